The average Bonchev–Trinajstić information content (AvgIpc) is 3.29. The van der Waals surface area contributed by atoms with E-state index in [-0.39, 0.29) is 30.7 Å². The predicted molar refractivity (Wildman–Crippen MR) is 155 cm³/mol. The van der Waals surface area contributed by atoms with Crippen molar-refractivity contribution in [3.05, 3.63) is 104 Å². The van der Waals surface area contributed by atoms with Gasteiger partial charge in [0.25, 0.3) is 5.91 Å². The van der Waals surface area contributed by atoms with E-state index in [2.05, 4.69) is 49.3 Å². The van der Waals surface area contributed by atoms with Crippen LogP contribution >= 0.6 is 23.2 Å². The van der Waals surface area contributed by atoms with E-state index in [1.807, 2.05) is 36.5 Å². The third-order valence-electron chi connectivity index (χ3n) is 7.19. The number of rotatable bonds is 10. The van der Waals surface area contributed by atoms with Gasteiger partial charge in [-0.1, -0.05) is 66.9 Å². The first kappa shape index (κ1) is 27.7. The lowest BCUT2D eigenvalue weighted by atomic mass is 9.74. The van der Waals surface area contributed by atoms with Crippen LogP contribution in [0.15, 0.2) is 60.8 Å². The molecular formula is C31H32Cl2N2O3. The molecule has 0 aliphatic heterocycles. The van der Waals surface area contributed by atoms with E-state index in [0.717, 1.165) is 34.9 Å². The summed E-state index contributed by atoms with van der Waals surface area (Å²) in [7, 11) is 0. The number of hydrogen-bond donors (Lipinski definition) is 3. The summed E-state index contributed by atoms with van der Waals surface area (Å²) in [5.74, 6) is -1.08. The lowest BCUT2D eigenvalue weighted by Gasteiger charge is -2.29. The van der Waals surface area contributed by atoms with Gasteiger partial charge in [0.05, 0.1) is 17.0 Å². The number of carbonyl (C=O) groups is 2. The monoisotopic (exact) mass is 550 g/mol. The van der Waals surface area contributed by atoms with Crippen molar-refractivity contribution in [1.82, 2.24) is 10.3 Å². The van der Waals surface area contributed by atoms with Gasteiger partial charge in [0.1, 0.15) is 0 Å². The highest BCUT2D eigenvalue weighted by molar-refractivity contribution is 6.38. The van der Waals surface area contributed by atoms with Gasteiger partial charge in [-0.3, -0.25) is 9.59 Å². The van der Waals surface area contributed by atoms with Crippen LogP contribution < -0.4 is 5.32 Å². The summed E-state index contributed by atoms with van der Waals surface area (Å²) in [6.45, 7) is 6.52. The van der Waals surface area contributed by atoms with Gasteiger partial charge in [-0.05, 0) is 78.3 Å². The van der Waals surface area contributed by atoms with Crippen molar-refractivity contribution >= 4 is 46.0 Å². The number of aryl methyl sites for hydroxylation is 2. The molecule has 0 saturated carbocycles. The van der Waals surface area contributed by atoms with Crippen LogP contribution in [0.2, 0.25) is 10.0 Å². The molecule has 0 saturated heterocycles. The maximum absolute atomic E-state index is 12.5. The molecule has 4 rings (SSSR count). The number of amides is 1. The minimum Gasteiger partial charge on any atom is -0.481 e. The van der Waals surface area contributed by atoms with Crippen molar-refractivity contribution in [2.75, 3.05) is 6.54 Å². The lowest BCUT2D eigenvalue weighted by Crippen LogP contribution is -2.26. The van der Waals surface area contributed by atoms with Gasteiger partial charge in [-0.25, -0.2) is 0 Å². The SMILES string of the molecule is CCCC(c1ccc(C(=O)NCCC(=O)O)cc1)C(c1ccc(C)c(C)c1)c1c[nH]c2c(Cl)cc(Cl)cc12. The second-order valence-corrected chi connectivity index (χ2v) is 10.6. The van der Waals surface area contributed by atoms with E-state index in [9.17, 15) is 9.59 Å². The van der Waals surface area contributed by atoms with Crippen molar-refractivity contribution in [1.29, 1.82) is 0 Å². The normalized spacial score (nSPS) is 12.9. The molecule has 5 nitrogen and oxygen atoms in total. The van der Waals surface area contributed by atoms with Crippen LogP contribution in [0.4, 0.5) is 0 Å². The molecule has 1 heterocycles. The van der Waals surface area contributed by atoms with Crippen LogP contribution in [0.1, 0.15) is 76.2 Å². The molecular weight excluding hydrogens is 519 g/mol. The fraction of sp³-hybridized carbons (Fsp3) is 0.290. The van der Waals surface area contributed by atoms with Gasteiger partial charge in [-0.2, -0.15) is 0 Å². The average molecular weight is 552 g/mol. The van der Waals surface area contributed by atoms with Crippen molar-refractivity contribution in [2.24, 2.45) is 0 Å². The maximum atomic E-state index is 12.5. The first-order valence-electron chi connectivity index (χ1n) is 12.8. The molecule has 0 aliphatic carbocycles. The summed E-state index contributed by atoms with van der Waals surface area (Å²) >= 11 is 13.0. The van der Waals surface area contributed by atoms with Crippen LogP contribution in [0.25, 0.3) is 10.9 Å². The number of aliphatic carboxylic acids is 1. The largest absolute Gasteiger partial charge is 0.481 e. The Hall–Kier alpha value is -3.28. The molecule has 3 aromatic carbocycles. The van der Waals surface area contributed by atoms with Crippen molar-refractivity contribution in [2.45, 2.75) is 51.9 Å². The molecule has 2 atom stereocenters. The summed E-state index contributed by atoms with van der Waals surface area (Å²) < 4.78 is 0. The fourth-order valence-corrected chi connectivity index (χ4v) is 5.67. The zero-order chi connectivity index (χ0) is 27.4. The first-order chi connectivity index (χ1) is 18.2. The number of carboxylic acids is 1. The van der Waals surface area contributed by atoms with E-state index >= 15 is 0 Å². The van der Waals surface area contributed by atoms with E-state index < -0.39 is 5.97 Å². The minimum absolute atomic E-state index is 0.0211. The number of nitrogens with one attached hydrogen (secondary N) is 2. The molecule has 3 N–H and O–H groups in total. The van der Waals surface area contributed by atoms with Crippen molar-refractivity contribution in [3.8, 4) is 0 Å². The standard InChI is InChI=1S/C31H32Cl2N2O3/c1-4-5-24(20-8-10-21(11-9-20)31(38)34-13-12-28(36)37)29(22-7-6-18(2)19(3)14-22)26-17-35-30-25(26)15-23(32)16-27(30)33/h6-11,14-17,24,29,35H,4-5,12-13H2,1-3H3,(H,34,38)(H,36,37). The van der Waals surface area contributed by atoms with E-state index in [1.165, 1.54) is 16.7 Å². The molecule has 0 bridgehead atoms. The predicted octanol–water partition coefficient (Wildman–Crippen LogP) is 8.01. The van der Waals surface area contributed by atoms with Crippen LogP contribution in [-0.4, -0.2) is 28.5 Å². The molecule has 38 heavy (non-hydrogen) atoms. The summed E-state index contributed by atoms with van der Waals surface area (Å²) in [4.78, 5) is 26.7. The molecule has 4 aromatic rings. The Labute approximate surface area is 233 Å². The van der Waals surface area contributed by atoms with Gasteiger partial charge in [0.15, 0.2) is 0 Å². The summed E-state index contributed by atoms with van der Waals surface area (Å²) in [6.07, 6.45) is 3.84. The second kappa shape index (κ2) is 12.1. The third-order valence-corrected chi connectivity index (χ3v) is 7.71. The zero-order valence-corrected chi connectivity index (χ0v) is 23.3. The second-order valence-electron chi connectivity index (χ2n) is 9.79. The third kappa shape index (κ3) is 6.06. The maximum Gasteiger partial charge on any atom is 0.305 e. The van der Waals surface area contributed by atoms with E-state index in [0.29, 0.717) is 15.6 Å². The zero-order valence-electron chi connectivity index (χ0n) is 21.8. The van der Waals surface area contributed by atoms with Crippen LogP contribution in [-0.2, 0) is 4.79 Å². The number of benzene rings is 3. The summed E-state index contributed by atoms with van der Waals surface area (Å²) in [5.41, 5.74) is 7.29. The van der Waals surface area contributed by atoms with E-state index in [4.69, 9.17) is 28.3 Å². The van der Waals surface area contributed by atoms with Gasteiger partial charge in [0.2, 0.25) is 0 Å². The molecule has 0 fully saturated rings. The molecule has 0 spiro atoms. The van der Waals surface area contributed by atoms with Crippen molar-refractivity contribution < 1.29 is 14.7 Å². The topological polar surface area (TPSA) is 82.2 Å². The van der Waals surface area contributed by atoms with Crippen LogP contribution in [0.3, 0.4) is 0 Å². The molecule has 7 heteroatoms. The Morgan fingerprint density at radius 1 is 0.974 bits per heavy atom. The van der Waals surface area contributed by atoms with Crippen molar-refractivity contribution in [3.63, 3.8) is 0 Å². The highest BCUT2D eigenvalue weighted by atomic mass is 35.5. The fourth-order valence-electron chi connectivity index (χ4n) is 5.12. The number of carbonyl (C=O) groups excluding carboxylic acids is 1. The Balaban J connectivity index is 1.78. The molecule has 2 unspecified atom stereocenters. The Morgan fingerprint density at radius 3 is 2.34 bits per heavy atom. The molecule has 0 radical (unpaired) electrons. The summed E-state index contributed by atoms with van der Waals surface area (Å²) in [6, 6.07) is 18.0. The minimum atomic E-state index is -0.944. The number of aromatic nitrogens is 1. The number of fused-ring (bicyclic) bond motifs is 1. The van der Waals surface area contributed by atoms with Crippen LogP contribution in [0.5, 0.6) is 0 Å². The first-order valence-corrected chi connectivity index (χ1v) is 13.6. The lowest BCUT2D eigenvalue weighted by molar-refractivity contribution is -0.136. The number of aromatic amines is 1. The number of hydrogen-bond acceptors (Lipinski definition) is 2. The van der Waals surface area contributed by atoms with Gasteiger partial charge < -0.3 is 15.4 Å². The molecule has 0 aliphatic rings. The highest BCUT2D eigenvalue weighted by Gasteiger charge is 2.29. The molecule has 1 amide bonds. The smallest absolute Gasteiger partial charge is 0.305 e. The molecule has 1 aromatic heterocycles. The number of carboxylic acid groups (broad SMARTS) is 1. The quantitative estimate of drug-likeness (QED) is 0.187. The highest BCUT2D eigenvalue weighted by Crippen LogP contribution is 2.45. The van der Waals surface area contributed by atoms with Gasteiger partial charge in [0, 0.05) is 34.6 Å². The van der Waals surface area contributed by atoms with Gasteiger partial charge in [-0.15, -0.1) is 0 Å². The summed E-state index contributed by atoms with van der Waals surface area (Å²) in [5, 5.41) is 13.7. The molecule has 198 valence electrons. The number of H-pyrrole nitrogens is 1. The van der Waals surface area contributed by atoms with Crippen LogP contribution in [0, 0.1) is 13.8 Å². The van der Waals surface area contributed by atoms with E-state index in [1.54, 1.807) is 6.07 Å². The Bertz CT molecular complexity index is 1460. The Morgan fingerprint density at radius 2 is 1.68 bits per heavy atom. The van der Waals surface area contributed by atoms with Gasteiger partial charge >= 0.3 is 5.97 Å². The number of halogens is 2. The Kier molecular flexibility index (Phi) is 8.80.